The molecule has 1 radical (unpaired) electrons. The Morgan fingerprint density at radius 2 is 1.69 bits per heavy atom. The first-order valence-corrected chi connectivity index (χ1v) is 22.4. The molecule has 3 nitrogen and oxygen atoms in total. The first-order chi connectivity index (χ1) is 21.1. The van der Waals surface area contributed by atoms with Crippen LogP contribution in [0.25, 0.3) is 44.5 Å². The SMILES string of the molecule is CC(C)(C)Cc1cc(-c2[c-]cccc2)nc[c]1[Ge]([CH3])([CH3])[CH3].[2H]C(C)(C)c1ccnc(-c2[c-]cc(F)c3c2oc2ccccc23)c1.[Ir]. The van der Waals surface area contributed by atoms with Gasteiger partial charge in [0.2, 0.25) is 0 Å². The topological polar surface area (TPSA) is 38.9 Å². The Labute approximate surface area is 284 Å². The molecule has 3 aromatic carbocycles. The van der Waals surface area contributed by atoms with Crippen LogP contribution in [0.2, 0.25) is 17.3 Å². The van der Waals surface area contributed by atoms with E-state index < -0.39 is 19.2 Å². The number of hydrogen-bond acceptors (Lipinski definition) is 3. The summed E-state index contributed by atoms with van der Waals surface area (Å²) in [5.74, 6) is 6.22. The molecular weight excluding hydrogens is 796 g/mol. The van der Waals surface area contributed by atoms with Gasteiger partial charge >= 0.3 is 132 Å². The maximum Gasteiger partial charge on any atom is 0.121 e. The van der Waals surface area contributed by atoms with Crippen molar-refractivity contribution < 1.29 is 30.3 Å². The number of benzene rings is 3. The molecule has 0 spiro atoms. The number of pyridine rings is 2. The molecule has 0 fully saturated rings. The van der Waals surface area contributed by atoms with Crippen LogP contribution < -0.4 is 4.40 Å². The van der Waals surface area contributed by atoms with E-state index in [-0.39, 0.29) is 25.9 Å². The Morgan fingerprint density at radius 3 is 2.36 bits per heavy atom. The molecular formula is C39H41FGeIrN2O-2. The van der Waals surface area contributed by atoms with Crippen molar-refractivity contribution in [1.29, 1.82) is 0 Å². The maximum atomic E-state index is 14.4. The number of hydrogen-bond donors (Lipinski definition) is 0. The first kappa shape index (κ1) is 33.3. The fraction of sp³-hybridized carbons (Fsp3) is 0.282. The molecule has 6 heteroatoms. The quantitative estimate of drug-likeness (QED) is 0.128. The zero-order chi connectivity index (χ0) is 32.6. The Hall–Kier alpha value is -3.12. The Balaban J connectivity index is 0.000000207. The van der Waals surface area contributed by atoms with Gasteiger partial charge in [0.25, 0.3) is 0 Å². The van der Waals surface area contributed by atoms with E-state index >= 15 is 0 Å². The second kappa shape index (κ2) is 14.1. The van der Waals surface area contributed by atoms with Crippen molar-refractivity contribution >= 4 is 39.6 Å². The molecule has 0 unspecified atom stereocenters. The first-order valence-electron chi connectivity index (χ1n) is 15.6. The minimum Gasteiger partial charge on any atom is -0.500 e. The molecule has 0 saturated heterocycles. The summed E-state index contributed by atoms with van der Waals surface area (Å²) in [4.78, 5) is 9.10. The van der Waals surface area contributed by atoms with Crippen molar-refractivity contribution in [2.75, 3.05) is 0 Å². The molecule has 0 aliphatic carbocycles. The van der Waals surface area contributed by atoms with Crippen molar-refractivity contribution in [3.05, 3.63) is 114 Å². The van der Waals surface area contributed by atoms with Crippen LogP contribution in [0.4, 0.5) is 4.39 Å². The van der Waals surface area contributed by atoms with Gasteiger partial charge in [0.1, 0.15) is 5.58 Å². The minimum absolute atomic E-state index is 0. The fourth-order valence-corrected chi connectivity index (χ4v) is 8.70. The van der Waals surface area contributed by atoms with E-state index in [1.54, 1.807) is 6.20 Å². The summed E-state index contributed by atoms with van der Waals surface area (Å²) in [6.45, 7) is 10.6. The van der Waals surface area contributed by atoms with Crippen LogP contribution in [0.5, 0.6) is 0 Å². The Morgan fingerprint density at radius 1 is 0.956 bits per heavy atom. The number of rotatable bonds is 5. The van der Waals surface area contributed by atoms with Crippen LogP contribution in [0, 0.1) is 23.4 Å². The van der Waals surface area contributed by atoms with Crippen molar-refractivity contribution in [3.8, 4) is 22.5 Å². The van der Waals surface area contributed by atoms with E-state index in [2.05, 4.69) is 73.5 Å². The van der Waals surface area contributed by atoms with E-state index in [4.69, 9.17) is 10.8 Å². The van der Waals surface area contributed by atoms with Crippen LogP contribution in [-0.4, -0.2) is 23.2 Å². The molecule has 3 aromatic heterocycles. The molecule has 0 aliphatic rings. The van der Waals surface area contributed by atoms with E-state index in [1.165, 1.54) is 16.0 Å². The Bertz CT molecular complexity index is 1950. The van der Waals surface area contributed by atoms with Crippen LogP contribution in [-0.2, 0) is 26.5 Å². The summed E-state index contributed by atoms with van der Waals surface area (Å²) in [5, 5.41) is 1.17. The number of fused-ring (bicyclic) bond motifs is 3. The molecule has 0 amide bonds. The van der Waals surface area contributed by atoms with Crippen LogP contribution >= 0.6 is 0 Å². The molecule has 0 saturated carbocycles. The van der Waals surface area contributed by atoms with Gasteiger partial charge in [-0.05, 0) is 29.1 Å². The number of halogens is 1. The van der Waals surface area contributed by atoms with Gasteiger partial charge in [-0.3, -0.25) is 4.39 Å². The number of aromatic nitrogens is 2. The van der Waals surface area contributed by atoms with E-state index in [0.29, 0.717) is 33.2 Å². The summed E-state index contributed by atoms with van der Waals surface area (Å²) < 4.78 is 30.0. The normalized spacial score (nSPS) is 12.3. The van der Waals surface area contributed by atoms with E-state index in [1.807, 2.05) is 68.4 Å². The number of furan rings is 1. The van der Waals surface area contributed by atoms with Gasteiger partial charge < -0.3 is 9.40 Å². The van der Waals surface area contributed by atoms with Crippen LogP contribution in [0.15, 0.2) is 89.6 Å². The zero-order valence-electron chi connectivity index (χ0n) is 28.3. The van der Waals surface area contributed by atoms with Crippen molar-refractivity contribution in [3.63, 3.8) is 0 Å². The average molecular weight is 839 g/mol. The summed E-state index contributed by atoms with van der Waals surface area (Å²) in [7, 11) is 0. The monoisotopic (exact) mass is 840 g/mol. The van der Waals surface area contributed by atoms with Gasteiger partial charge in [0, 0.05) is 38.9 Å². The van der Waals surface area contributed by atoms with Crippen LogP contribution in [0.1, 0.15) is 53.0 Å². The van der Waals surface area contributed by atoms with Gasteiger partial charge in [-0.25, -0.2) is 0 Å². The molecule has 6 rings (SSSR count). The molecule has 0 N–H and O–H groups in total. The smallest absolute Gasteiger partial charge is 0.121 e. The average Bonchev–Trinajstić information content (AvgIpc) is 3.37. The third-order valence-corrected chi connectivity index (χ3v) is 11.8. The van der Waals surface area contributed by atoms with Gasteiger partial charge in [0.15, 0.2) is 0 Å². The van der Waals surface area contributed by atoms with Crippen molar-refractivity contribution in [2.24, 2.45) is 5.41 Å². The maximum absolute atomic E-state index is 14.4. The molecule has 0 atom stereocenters. The predicted molar refractivity (Wildman–Crippen MR) is 184 cm³/mol. The minimum atomic E-state index is -1.90. The predicted octanol–water partition coefficient (Wildman–Crippen LogP) is 10.4. The second-order valence-electron chi connectivity index (χ2n) is 13.7. The summed E-state index contributed by atoms with van der Waals surface area (Å²) in [6.07, 6.45) is 4.90. The summed E-state index contributed by atoms with van der Waals surface area (Å²) in [5.41, 5.74) is 7.03. The van der Waals surface area contributed by atoms with Gasteiger partial charge in [0.05, 0.1) is 5.58 Å². The molecule has 45 heavy (non-hydrogen) atoms. The summed E-state index contributed by atoms with van der Waals surface area (Å²) >= 11 is -1.90. The van der Waals surface area contributed by atoms with Gasteiger partial charge in [-0.2, -0.15) is 0 Å². The van der Waals surface area contributed by atoms with Crippen molar-refractivity contribution in [2.45, 2.75) is 64.2 Å². The fourth-order valence-electron chi connectivity index (χ4n) is 5.39. The second-order valence-corrected chi connectivity index (χ2v) is 24.3. The third kappa shape index (κ3) is 8.19. The summed E-state index contributed by atoms with van der Waals surface area (Å²) in [6, 6.07) is 28.9. The molecule has 6 aromatic rings. The Kier molecular flexibility index (Phi) is 10.4. The standard InChI is InChI=1S/C20H15FNO.C19H26GeN.Ir/c1-12(2)13-9-10-22-17(11-13)14-7-8-16(21)19-15-5-3-4-6-18(15)23-20(14)19;1-19(2,3)13-16-12-18(15-10-8-7-9-11-15)21-14-17(16)20(4,5)6;/h3-6,8-12H,1-2H3;7-10,12,14H,13H2,1-6H3;/q2*-1;/i12D;;. The number of para-hydroxylation sites is 1. The van der Waals surface area contributed by atoms with E-state index in [9.17, 15) is 4.39 Å². The number of nitrogens with zero attached hydrogens (tertiary/aromatic N) is 2. The molecule has 0 bridgehead atoms. The largest absolute Gasteiger partial charge is 0.500 e. The van der Waals surface area contributed by atoms with E-state index in [0.717, 1.165) is 28.6 Å². The molecule has 0 aliphatic heterocycles. The molecule has 3 heterocycles. The van der Waals surface area contributed by atoms with Crippen molar-refractivity contribution in [1.82, 2.24) is 9.97 Å². The van der Waals surface area contributed by atoms with Crippen LogP contribution in [0.3, 0.4) is 0 Å². The third-order valence-electron chi connectivity index (χ3n) is 7.50. The van der Waals surface area contributed by atoms with Gasteiger partial charge in [-0.1, -0.05) is 49.2 Å². The zero-order valence-corrected chi connectivity index (χ0v) is 31.8. The van der Waals surface area contributed by atoms with Gasteiger partial charge in [-0.15, -0.1) is 12.1 Å². The molecule has 235 valence electrons.